The molecule has 1 N–H and O–H groups in total. The molecule has 0 saturated carbocycles. The number of halogens is 1. The van der Waals surface area contributed by atoms with Crippen LogP contribution in [0.1, 0.15) is 5.56 Å². The summed E-state index contributed by atoms with van der Waals surface area (Å²) in [6.45, 7) is 3.93. The fourth-order valence-corrected chi connectivity index (χ4v) is 1.59. The van der Waals surface area contributed by atoms with E-state index >= 15 is 0 Å². The Hall–Kier alpha value is -0.510. The Bertz CT molecular complexity index is 353. The van der Waals surface area contributed by atoms with E-state index in [2.05, 4.69) is 52.7 Å². The third-order valence-corrected chi connectivity index (χ3v) is 2.72. The highest BCUT2D eigenvalue weighted by Gasteiger charge is 1.97. The Kier molecular flexibility index (Phi) is 1.64. The monoisotopic (exact) mass is 256 g/mol. The van der Waals surface area contributed by atoms with Gasteiger partial charge < -0.3 is 4.98 Å². The van der Waals surface area contributed by atoms with Crippen LogP contribution in [-0.4, -0.2) is 4.98 Å². The zero-order valence-corrected chi connectivity index (χ0v) is 8.05. The lowest BCUT2D eigenvalue weighted by Gasteiger charge is -1.96. The molecule has 1 aromatic heterocycles. The van der Waals surface area contributed by atoms with Crippen molar-refractivity contribution in [3.8, 4) is 0 Å². The van der Waals surface area contributed by atoms with Gasteiger partial charge in [-0.3, -0.25) is 0 Å². The molecule has 0 unspecified atom stereocenters. The van der Waals surface area contributed by atoms with E-state index in [0.717, 1.165) is 5.56 Å². The van der Waals surface area contributed by atoms with Crippen LogP contribution < -0.4 is 0 Å². The molecule has 1 heterocycles. The number of aromatic amines is 1. The molecule has 0 saturated heterocycles. The highest BCUT2D eigenvalue weighted by Crippen LogP contribution is 2.19. The van der Waals surface area contributed by atoms with Crippen molar-refractivity contribution in [2.24, 2.45) is 0 Å². The third kappa shape index (κ3) is 1.15. The lowest BCUT2D eigenvalue weighted by molar-refractivity contribution is 1.47. The smallest absolute Gasteiger partial charge is 0.0464 e. The van der Waals surface area contributed by atoms with E-state index in [1.807, 2.05) is 6.20 Å². The Labute approximate surface area is 78.9 Å². The maximum Gasteiger partial charge on any atom is 0.0464 e. The van der Waals surface area contributed by atoms with Gasteiger partial charge in [-0.15, -0.1) is 0 Å². The van der Waals surface area contributed by atoms with Crippen LogP contribution in [0.5, 0.6) is 0 Å². The fourth-order valence-electron chi connectivity index (χ4n) is 1.12. The summed E-state index contributed by atoms with van der Waals surface area (Å²) in [5, 5.41) is 1.23. The maximum atomic E-state index is 3.93. The molecule has 2 heteroatoms. The summed E-state index contributed by atoms with van der Waals surface area (Å²) in [6.07, 6.45) is 1.94. The van der Waals surface area contributed by atoms with Gasteiger partial charge in [-0.1, -0.05) is 0 Å². The molecule has 0 atom stereocenters. The number of nitrogens with one attached hydrogen (secondary N) is 1. The molecule has 1 nitrogen and oxygen atoms in total. The van der Waals surface area contributed by atoms with Crippen molar-refractivity contribution in [3.63, 3.8) is 0 Å². The second-order valence-corrected chi connectivity index (χ2v) is 3.67. The minimum atomic E-state index is 1.10. The molecule has 1 radical (unpaired) electrons. The normalized spacial score (nSPS) is 10.7. The SMILES string of the molecule is [CH2]c1cc2cc[nH]c2cc1I. The van der Waals surface area contributed by atoms with Gasteiger partial charge in [-0.05, 0) is 58.7 Å². The van der Waals surface area contributed by atoms with Gasteiger partial charge in [-0.2, -0.15) is 0 Å². The minimum absolute atomic E-state index is 1.10. The Morgan fingerprint density at radius 3 is 3.00 bits per heavy atom. The number of H-pyrrole nitrogens is 1. The van der Waals surface area contributed by atoms with E-state index in [-0.39, 0.29) is 0 Å². The van der Waals surface area contributed by atoms with Crippen molar-refractivity contribution in [1.82, 2.24) is 4.98 Å². The average Bonchev–Trinajstić information content (AvgIpc) is 2.36. The molecule has 0 aliphatic rings. The molecule has 0 bridgehead atoms. The summed E-state index contributed by atoms with van der Waals surface area (Å²) in [7, 11) is 0. The van der Waals surface area contributed by atoms with Crippen molar-refractivity contribution < 1.29 is 0 Å². The standard InChI is InChI=1S/C9H7IN/c1-6-4-7-2-3-11-9(7)5-8(6)10/h2-5,11H,1H2. The van der Waals surface area contributed by atoms with Crippen molar-refractivity contribution in [1.29, 1.82) is 0 Å². The quantitative estimate of drug-likeness (QED) is 0.697. The number of benzene rings is 1. The third-order valence-electron chi connectivity index (χ3n) is 1.72. The van der Waals surface area contributed by atoms with Crippen molar-refractivity contribution in [3.05, 3.63) is 40.5 Å². The van der Waals surface area contributed by atoms with Crippen molar-refractivity contribution in [2.45, 2.75) is 0 Å². The average molecular weight is 256 g/mol. The van der Waals surface area contributed by atoms with E-state index in [1.165, 1.54) is 14.5 Å². The molecule has 55 valence electrons. The highest BCUT2D eigenvalue weighted by molar-refractivity contribution is 14.1. The topological polar surface area (TPSA) is 15.8 Å². The molecule has 2 aromatic rings. The summed E-state index contributed by atoms with van der Waals surface area (Å²) in [5.41, 5.74) is 2.28. The zero-order chi connectivity index (χ0) is 7.84. The first-order valence-corrected chi connectivity index (χ1v) is 4.44. The molecule has 0 fully saturated rings. The molecule has 0 aliphatic carbocycles. The molecule has 0 spiro atoms. The summed E-state index contributed by atoms with van der Waals surface area (Å²) >= 11 is 2.29. The van der Waals surface area contributed by atoms with Gasteiger partial charge >= 0.3 is 0 Å². The number of hydrogen-bond acceptors (Lipinski definition) is 0. The highest BCUT2D eigenvalue weighted by atomic mass is 127. The van der Waals surface area contributed by atoms with Gasteiger partial charge in [0, 0.05) is 15.3 Å². The van der Waals surface area contributed by atoms with E-state index in [1.54, 1.807) is 0 Å². The van der Waals surface area contributed by atoms with Crippen LogP contribution >= 0.6 is 22.6 Å². The van der Waals surface area contributed by atoms with Gasteiger partial charge in [0.25, 0.3) is 0 Å². The van der Waals surface area contributed by atoms with Crippen LogP contribution in [-0.2, 0) is 0 Å². The molecule has 11 heavy (non-hydrogen) atoms. The second-order valence-electron chi connectivity index (χ2n) is 2.51. The number of aromatic nitrogens is 1. The zero-order valence-electron chi connectivity index (χ0n) is 5.89. The summed E-state index contributed by atoms with van der Waals surface area (Å²) in [4.78, 5) is 3.16. The van der Waals surface area contributed by atoms with Crippen LogP contribution in [0.2, 0.25) is 0 Å². The van der Waals surface area contributed by atoms with Crippen molar-refractivity contribution >= 4 is 33.5 Å². The molecule has 1 aromatic carbocycles. The Balaban J connectivity index is 2.86. The maximum absolute atomic E-state index is 3.93. The Morgan fingerprint density at radius 2 is 2.18 bits per heavy atom. The first kappa shape index (κ1) is 7.16. The minimum Gasteiger partial charge on any atom is -0.361 e. The van der Waals surface area contributed by atoms with Crippen molar-refractivity contribution in [2.75, 3.05) is 0 Å². The van der Waals surface area contributed by atoms with E-state index in [0.29, 0.717) is 0 Å². The van der Waals surface area contributed by atoms with Gasteiger partial charge in [0.2, 0.25) is 0 Å². The largest absolute Gasteiger partial charge is 0.361 e. The van der Waals surface area contributed by atoms with Crippen LogP contribution in [0, 0.1) is 10.5 Å². The summed E-state index contributed by atoms with van der Waals surface area (Å²) in [6, 6.07) is 6.26. The number of fused-ring (bicyclic) bond motifs is 1. The van der Waals surface area contributed by atoms with Crippen LogP contribution in [0.25, 0.3) is 10.9 Å². The second kappa shape index (κ2) is 2.52. The first-order chi connectivity index (χ1) is 5.27. The Morgan fingerprint density at radius 1 is 1.36 bits per heavy atom. The van der Waals surface area contributed by atoms with E-state index < -0.39 is 0 Å². The molecular formula is C9H7IN. The molecular weight excluding hydrogens is 249 g/mol. The van der Waals surface area contributed by atoms with Crippen LogP contribution in [0.15, 0.2) is 24.4 Å². The number of rotatable bonds is 0. The lowest BCUT2D eigenvalue weighted by Crippen LogP contribution is -1.78. The van der Waals surface area contributed by atoms with E-state index in [9.17, 15) is 0 Å². The van der Waals surface area contributed by atoms with Gasteiger partial charge in [0.15, 0.2) is 0 Å². The predicted octanol–water partition coefficient (Wildman–Crippen LogP) is 2.95. The lowest BCUT2D eigenvalue weighted by atomic mass is 10.2. The molecule has 2 rings (SSSR count). The van der Waals surface area contributed by atoms with Gasteiger partial charge in [0.05, 0.1) is 0 Å². The summed E-state index contributed by atoms with van der Waals surface area (Å²) in [5.74, 6) is 0. The van der Waals surface area contributed by atoms with Crippen LogP contribution in [0.3, 0.4) is 0 Å². The number of hydrogen-bond donors (Lipinski definition) is 1. The van der Waals surface area contributed by atoms with Crippen LogP contribution in [0.4, 0.5) is 0 Å². The first-order valence-electron chi connectivity index (χ1n) is 3.36. The molecule has 0 aliphatic heterocycles. The fraction of sp³-hybridized carbons (Fsp3) is 0. The predicted molar refractivity (Wildman–Crippen MR) is 55.5 cm³/mol. The summed E-state index contributed by atoms with van der Waals surface area (Å²) < 4.78 is 1.21. The van der Waals surface area contributed by atoms with Gasteiger partial charge in [0.1, 0.15) is 0 Å². The molecule has 0 amide bonds. The van der Waals surface area contributed by atoms with Gasteiger partial charge in [-0.25, -0.2) is 0 Å². The van der Waals surface area contributed by atoms with E-state index in [4.69, 9.17) is 0 Å².